The van der Waals surface area contributed by atoms with Crippen LogP contribution in [-0.4, -0.2) is 32.3 Å². The first-order valence-electron chi connectivity index (χ1n) is 5.81. The molecule has 0 spiro atoms. The molecule has 5 heteroatoms. The second-order valence-corrected chi connectivity index (χ2v) is 5.61. The minimum absolute atomic E-state index is 0.662. The Morgan fingerprint density at radius 3 is 2.81 bits per heavy atom. The lowest BCUT2D eigenvalue weighted by Crippen LogP contribution is -2.27. The number of aromatic nitrogens is 3. The Morgan fingerprint density at radius 1 is 1.44 bits per heavy atom. The summed E-state index contributed by atoms with van der Waals surface area (Å²) in [7, 11) is 2.02. The van der Waals surface area contributed by atoms with E-state index < -0.39 is 0 Å². The van der Waals surface area contributed by atoms with Crippen LogP contribution in [0.1, 0.15) is 30.9 Å². The molecule has 0 radical (unpaired) electrons. The molecule has 1 fully saturated rings. The number of nitrogens with one attached hydrogen (secondary N) is 1. The van der Waals surface area contributed by atoms with Gasteiger partial charge < -0.3 is 9.88 Å². The van der Waals surface area contributed by atoms with E-state index in [2.05, 4.69) is 21.8 Å². The van der Waals surface area contributed by atoms with Gasteiger partial charge in [-0.3, -0.25) is 0 Å². The standard InChI is InChI=1S/C11H20N4S/c1-8-13-14-11(15(8)2)7-12-9-4-5-10(6-9)16-3/h9-10,12H,4-7H2,1-3H3. The van der Waals surface area contributed by atoms with Crippen molar-refractivity contribution in [2.75, 3.05) is 6.26 Å². The van der Waals surface area contributed by atoms with Crippen LogP contribution in [0.4, 0.5) is 0 Å². The molecule has 2 rings (SSSR count). The normalized spacial score (nSPS) is 25.2. The number of rotatable bonds is 4. The summed E-state index contributed by atoms with van der Waals surface area (Å²) in [5.74, 6) is 2.01. The Bertz CT molecular complexity index is 350. The molecule has 0 bridgehead atoms. The van der Waals surface area contributed by atoms with Gasteiger partial charge in [0.1, 0.15) is 11.6 Å². The van der Waals surface area contributed by atoms with Crippen molar-refractivity contribution < 1.29 is 0 Å². The number of hydrogen-bond acceptors (Lipinski definition) is 4. The average Bonchev–Trinajstić information content (AvgIpc) is 2.86. The van der Waals surface area contributed by atoms with Crippen molar-refractivity contribution >= 4 is 11.8 Å². The van der Waals surface area contributed by atoms with Gasteiger partial charge in [0.25, 0.3) is 0 Å². The number of aryl methyl sites for hydroxylation is 1. The van der Waals surface area contributed by atoms with Crippen LogP contribution in [0.3, 0.4) is 0 Å². The summed E-state index contributed by atoms with van der Waals surface area (Å²) in [4.78, 5) is 0. The smallest absolute Gasteiger partial charge is 0.146 e. The SMILES string of the molecule is CSC1CCC(NCc2nnc(C)n2C)C1. The second-order valence-electron chi connectivity index (χ2n) is 4.47. The van der Waals surface area contributed by atoms with E-state index >= 15 is 0 Å². The van der Waals surface area contributed by atoms with Gasteiger partial charge in [-0.1, -0.05) is 0 Å². The fourth-order valence-corrected chi connectivity index (χ4v) is 2.98. The maximum atomic E-state index is 4.16. The summed E-state index contributed by atoms with van der Waals surface area (Å²) in [6.07, 6.45) is 6.14. The summed E-state index contributed by atoms with van der Waals surface area (Å²) in [5.41, 5.74) is 0. The zero-order chi connectivity index (χ0) is 11.5. The molecular weight excluding hydrogens is 220 g/mol. The van der Waals surface area contributed by atoms with Crippen LogP contribution in [0.5, 0.6) is 0 Å². The summed E-state index contributed by atoms with van der Waals surface area (Å²) >= 11 is 1.99. The minimum Gasteiger partial charge on any atom is -0.317 e. The fourth-order valence-electron chi connectivity index (χ4n) is 2.18. The number of hydrogen-bond donors (Lipinski definition) is 1. The highest BCUT2D eigenvalue weighted by Crippen LogP contribution is 2.28. The molecule has 16 heavy (non-hydrogen) atoms. The quantitative estimate of drug-likeness (QED) is 0.866. The first-order chi connectivity index (χ1) is 7.70. The largest absolute Gasteiger partial charge is 0.317 e. The van der Waals surface area contributed by atoms with Crippen LogP contribution >= 0.6 is 11.8 Å². The molecule has 1 aliphatic rings. The molecule has 1 aromatic heterocycles. The molecule has 0 amide bonds. The average molecular weight is 240 g/mol. The van der Waals surface area contributed by atoms with Crippen molar-refractivity contribution in [2.45, 2.75) is 44.0 Å². The van der Waals surface area contributed by atoms with Crippen LogP contribution in [0.25, 0.3) is 0 Å². The van der Waals surface area contributed by atoms with E-state index in [0.29, 0.717) is 6.04 Å². The molecule has 2 atom stereocenters. The van der Waals surface area contributed by atoms with Crippen LogP contribution in [0, 0.1) is 6.92 Å². The van der Waals surface area contributed by atoms with Gasteiger partial charge in [-0.25, -0.2) is 0 Å². The van der Waals surface area contributed by atoms with Crippen LogP contribution in [0.15, 0.2) is 0 Å². The summed E-state index contributed by atoms with van der Waals surface area (Å²) in [6.45, 7) is 2.82. The topological polar surface area (TPSA) is 42.7 Å². The number of nitrogens with zero attached hydrogens (tertiary/aromatic N) is 3. The van der Waals surface area contributed by atoms with Crippen molar-refractivity contribution in [1.82, 2.24) is 20.1 Å². The monoisotopic (exact) mass is 240 g/mol. The first-order valence-corrected chi connectivity index (χ1v) is 7.10. The molecule has 1 heterocycles. The van der Waals surface area contributed by atoms with Gasteiger partial charge in [0, 0.05) is 18.3 Å². The summed E-state index contributed by atoms with van der Waals surface area (Å²) in [5, 5.41) is 12.6. The molecule has 90 valence electrons. The molecular formula is C11H20N4S. The molecule has 0 aliphatic heterocycles. The molecule has 0 aromatic carbocycles. The molecule has 1 aliphatic carbocycles. The maximum absolute atomic E-state index is 4.16. The van der Waals surface area contributed by atoms with Crippen LogP contribution < -0.4 is 5.32 Å². The van der Waals surface area contributed by atoms with E-state index in [4.69, 9.17) is 0 Å². The van der Waals surface area contributed by atoms with Crippen molar-refractivity contribution in [2.24, 2.45) is 7.05 Å². The third-order valence-corrected chi connectivity index (χ3v) is 4.54. The Balaban J connectivity index is 1.82. The third kappa shape index (κ3) is 2.58. The molecule has 4 nitrogen and oxygen atoms in total. The lowest BCUT2D eigenvalue weighted by Gasteiger charge is -2.12. The highest BCUT2D eigenvalue weighted by atomic mass is 32.2. The predicted molar refractivity (Wildman–Crippen MR) is 67.5 cm³/mol. The lowest BCUT2D eigenvalue weighted by atomic mass is 10.2. The van der Waals surface area contributed by atoms with Crippen molar-refractivity contribution in [3.8, 4) is 0 Å². The Morgan fingerprint density at radius 2 is 2.25 bits per heavy atom. The van der Waals surface area contributed by atoms with Crippen LogP contribution in [0.2, 0.25) is 0 Å². The van der Waals surface area contributed by atoms with Crippen LogP contribution in [-0.2, 0) is 13.6 Å². The Labute approximate surface area is 101 Å². The Kier molecular flexibility index (Phi) is 3.86. The van der Waals surface area contributed by atoms with E-state index in [9.17, 15) is 0 Å². The molecule has 1 saturated carbocycles. The highest BCUT2D eigenvalue weighted by molar-refractivity contribution is 7.99. The van der Waals surface area contributed by atoms with E-state index in [0.717, 1.165) is 23.4 Å². The van der Waals surface area contributed by atoms with Crippen molar-refractivity contribution in [3.05, 3.63) is 11.6 Å². The summed E-state index contributed by atoms with van der Waals surface area (Å²) < 4.78 is 2.05. The third-order valence-electron chi connectivity index (χ3n) is 3.45. The minimum atomic E-state index is 0.662. The van der Waals surface area contributed by atoms with Gasteiger partial charge in [-0.15, -0.1) is 10.2 Å². The molecule has 1 N–H and O–H groups in total. The molecule has 1 aromatic rings. The zero-order valence-corrected chi connectivity index (χ0v) is 11.0. The van der Waals surface area contributed by atoms with Gasteiger partial charge in [-0.05, 0) is 32.4 Å². The van der Waals surface area contributed by atoms with Gasteiger partial charge in [0.2, 0.25) is 0 Å². The first kappa shape index (κ1) is 11.9. The molecule has 0 saturated heterocycles. The summed E-state index contributed by atoms with van der Waals surface area (Å²) in [6, 6.07) is 0.662. The van der Waals surface area contributed by atoms with Gasteiger partial charge in [0.15, 0.2) is 0 Å². The van der Waals surface area contributed by atoms with Crippen molar-refractivity contribution in [1.29, 1.82) is 0 Å². The van der Waals surface area contributed by atoms with Gasteiger partial charge >= 0.3 is 0 Å². The molecule has 2 unspecified atom stereocenters. The second kappa shape index (κ2) is 5.19. The van der Waals surface area contributed by atoms with E-state index in [1.54, 1.807) is 0 Å². The van der Waals surface area contributed by atoms with E-state index in [1.165, 1.54) is 19.3 Å². The Hall–Kier alpha value is -0.550. The van der Waals surface area contributed by atoms with E-state index in [-0.39, 0.29) is 0 Å². The van der Waals surface area contributed by atoms with E-state index in [1.807, 2.05) is 30.3 Å². The number of thioether (sulfide) groups is 1. The predicted octanol–water partition coefficient (Wildman–Crippen LogP) is 1.50. The fraction of sp³-hybridized carbons (Fsp3) is 0.818. The lowest BCUT2D eigenvalue weighted by molar-refractivity contribution is 0.506. The van der Waals surface area contributed by atoms with Gasteiger partial charge in [-0.2, -0.15) is 11.8 Å². The highest BCUT2D eigenvalue weighted by Gasteiger charge is 2.23. The van der Waals surface area contributed by atoms with Crippen molar-refractivity contribution in [3.63, 3.8) is 0 Å². The maximum Gasteiger partial charge on any atom is 0.146 e. The zero-order valence-electron chi connectivity index (χ0n) is 10.2. The van der Waals surface area contributed by atoms with Gasteiger partial charge in [0.05, 0.1) is 6.54 Å².